The maximum atomic E-state index is 13.2. The van der Waals surface area contributed by atoms with Crippen molar-refractivity contribution in [3.05, 3.63) is 60.7 Å². The molecule has 3 heterocycles. The molecular weight excluding hydrogens is 390 g/mol. The molecule has 4 rings (SSSR count). The van der Waals surface area contributed by atoms with Crippen LogP contribution in [-0.4, -0.2) is 49.7 Å². The Bertz CT molecular complexity index is 1080. The Balaban J connectivity index is 1.77. The van der Waals surface area contributed by atoms with E-state index in [0.29, 0.717) is 37.4 Å². The Morgan fingerprint density at radius 3 is 2.38 bits per heavy atom. The Labute approximate surface area is 169 Å². The highest BCUT2D eigenvalue weighted by Gasteiger charge is 2.20. The lowest BCUT2D eigenvalue weighted by Gasteiger charge is -2.29. The maximum absolute atomic E-state index is 13.2. The number of morpholine rings is 1. The standard InChI is InChI=1S/C20H21N5O3S/c21-20-23-12-17(13-24-20)16-9-18(25-5-7-28-8-6-25)11-19(10-16)29(26,27)14-15-1-3-22-4-2-15/h1-4,9-13H,5-8,14H2,(H2,21,23,24). The summed E-state index contributed by atoms with van der Waals surface area (Å²) >= 11 is 0. The molecular formula is C20H21N5O3S. The van der Waals surface area contributed by atoms with E-state index in [0.717, 1.165) is 11.3 Å². The first-order chi connectivity index (χ1) is 14.0. The molecule has 0 bridgehead atoms. The monoisotopic (exact) mass is 411 g/mol. The topological polar surface area (TPSA) is 111 Å². The van der Waals surface area contributed by atoms with Crippen LogP contribution in [0.1, 0.15) is 5.56 Å². The quantitative estimate of drug-likeness (QED) is 0.678. The number of hydrogen-bond donors (Lipinski definition) is 1. The summed E-state index contributed by atoms with van der Waals surface area (Å²) in [7, 11) is -3.56. The first-order valence-electron chi connectivity index (χ1n) is 9.19. The summed E-state index contributed by atoms with van der Waals surface area (Å²) < 4.78 is 31.7. The van der Waals surface area contributed by atoms with Crippen LogP contribution in [0.5, 0.6) is 0 Å². The van der Waals surface area contributed by atoms with Gasteiger partial charge in [-0.2, -0.15) is 0 Å². The smallest absolute Gasteiger partial charge is 0.219 e. The van der Waals surface area contributed by atoms with Gasteiger partial charge in [0.15, 0.2) is 9.84 Å². The van der Waals surface area contributed by atoms with Crippen LogP contribution < -0.4 is 10.6 Å². The average Bonchev–Trinajstić information content (AvgIpc) is 2.75. The molecule has 8 nitrogen and oxygen atoms in total. The molecule has 1 saturated heterocycles. The summed E-state index contributed by atoms with van der Waals surface area (Å²) in [4.78, 5) is 14.4. The first-order valence-corrected chi connectivity index (χ1v) is 10.8. The van der Waals surface area contributed by atoms with Gasteiger partial charge in [-0.3, -0.25) is 4.98 Å². The summed E-state index contributed by atoms with van der Waals surface area (Å²) in [6.07, 6.45) is 6.37. The van der Waals surface area contributed by atoms with Gasteiger partial charge >= 0.3 is 0 Å². The largest absolute Gasteiger partial charge is 0.378 e. The minimum absolute atomic E-state index is 0.0975. The van der Waals surface area contributed by atoms with Gasteiger partial charge in [-0.1, -0.05) is 0 Å². The molecule has 150 valence electrons. The second kappa shape index (κ2) is 8.14. The summed E-state index contributed by atoms with van der Waals surface area (Å²) in [5, 5.41) is 0. The Hall–Kier alpha value is -3.04. The summed E-state index contributed by atoms with van der Waals surface area (Å²) in [5.41, 5.74) is 8.54. The highest BCUT2D eigenvalue weighted by atomic mass is 32.2. The van der Waals surface area contributed by atoms with Gasteiger partial charge < -0.3 is 15.4 Å². The SMILES string of the molecule is Nc1ncc(-c2cc(N3CCOCC3)cc(S(=O)(=O)Cc3ccncc3)c2)cn1. The summed E-state index contributed by atoms with van der Waals surface area (Å²) in [6, 6.07) is 8.75. The molecule has 0 radical (unpaired) electrons. The zero-order valence-corrected chi connectivity index (χ0v) is 16.5. The molecule has 2 N–H and O–H groups in total. The molecule has 0 saturated carbocycles. The second-order valence-electron chi connectivity index (χ2n) is 6.76. The van der Waals surface area contributed by atoms with Crippen LogP contribution >= 0.6 is 0 Å². The second-order valence-corrected chi connectivity index (χ2v) is 8.75. The third-order valence-electron chi connectivity index (χ3n) is 4.74. The fourth-order valence-electron chi connectivity index (χ4n) is 3.20. The molecule has 29 heavy (non-hydrogen) atoms. The predicted molar refractivity (Wildman–Crippen MR) is 110 cm³/mol. The number of pyridine rings is 1. The molecule has 0 unspecified atom stereocenters. The van der Waals surface area contributed by atoms with Crippen LogP contribution in [0.2, 0.25) is 0 Å². The number of hydrogen-bond acceptors (Lipinski definition) is 8. The highest BCUT2D eigenvalue weighted by Crippen LogP contribution is 2.30. The van der Waals surface area contributed by atoms with Gasteiger partial charge in [0, 0.05) is 49.1 Å². The van der Waals surface area contributed by atoms with Crippen LogP contribution in [0.3, 0.4) is 0 Å². The average molecular weight is 411 g/mol. The van der Waals surface area contributed by atoms with E-state index >= 15 is 0 Å². The van der Waals surface area contributed by atoms with Crippen LogP contribution in [-0.2, 0) is 20.3 Å². The van der Waals surface area contributed by atoms with Crippen molar-refractivity contribution in [3.63, 3.8) is 0 Å². The van der Waals surface area contributed by atoms with Crippen LogP contribution in [0.4, 0.5) is 11.6 Å². The summed E-state index contributed by atoms with van der Waals surface area (Å²) in [6.45, 7) is 2.61. The number of nitrogens with zero attached hydrogens (tertiary/aromatic N) is 4. The van der Waals surface area contributed by atoms with Crippen LogP contribution in [0.25, 0.3) is 11.1 Å². The number of rotatable bonds is 5. The third-order valence-corrected chi connectivity index (χ3v) is 6.41. The normalized spacial score (nSPS) is 14.7. The molecule has 0 atom stereocenters. The molecule has 1 aromatic carbocycles. The molecule has 1 fully saturated rings. The lowest BCUT2D eigenvalue weighted by Crippen LogP contribution is -2.36. The van der Waals surface area contributed by atoms with Crippen molar-refractivity contribution >= 4 is 21.5 Å². The van der Waals surface area contributed by atoms with Gasteiger partial charge in [-0.15, -0.1) is 0 Å². The number of anilines is 2. The predicted octanol–water partition coefficient (Wildman–Crippen LogP) is 1.93. The van der Waals surface area contributed by atoms with Crippen molar-refractivity contribution in [3.8, 4) is 11.1 Å². The zero-order valence-electron chi connectivity index (χ0n) is 15.7. The molecule has 0 aliphatic carbocycles. The molecule has 0 spiro atoms. The number of benzene rings is 1. The maximum Gasteiger partial charge on any atom is 0.219 e. The van der Waals surface area contributed by atoms with Gasteiger partial charge in [0.2, 0.25) is 5.95 Å². The van der Waals surface area contributed by atoms with Crippen LogP contribution in [0, 0.1) is 0 Å². The van der Waals surface area contributed by atoms with E-state index in [1.165, 1.54) is 0 Å². The lowest BCUT2D eigenvalue weighted by atomic mass is 10.1. The van der Waals surface area contributed by atoms with Crippen molar-refractivity contribution < 1.29 is 13.2 Å². The number of nitrogen functional groups attached to an aromatic ring is 1. The Morgan fingerprint density at radius 2 is 1.69 bits per heavy atom. The number of ether oxygens (including phenoxy) is 1. The van der Waals surface area contributed by atoms with Crippen molar-refractivity contribution in [1.29, 1.82) is 0 Å². The van der Waals surface area contributed by atoms with Crippen molar-refractivity contribution in [2.45, 2.75) is 10.6 Å². The van der Waals surface area contributed by atoms with E-state index in [-0.39, 0.29) is 16.6 Å². The van der Waals surface area contributed by atoms with Gasteiger partial charge in [0.25, 0.3) is 0 Å². The number of nitrogens with two attached hydrogens (primary N) is 1. The van der Waals surface area contributed by atoms with E-state index in [1.807, 2.05) is 6.07 Å². The lowest BCUT2D eigenvalue weighted by molar-refractivity contribution is 0.122. The Morgan fingerprint density at radius 1 is 1.00 bits per heavy atom. The van der Waals surface area contributed by atoms with Gasteiger partial charge in [-0.05, 0) is 41.5 Å². The van der Waals surface area contributed by atoms with Gasteiger partial charge in [-0.25, -0.2) is 18.4 Å². The Kier molecular flexibility index (Phi) is 5.41. The fraction of sp³-hybridized carbons (Fsp3) is 0.250. The first kappa shape index (κ1) is 19.3. The van der Waals surface area contributed by atoms with Crippen molar-refractivity contribution in [2.75, 3.05) is 36.9 Å². The van der Waals surface area contributed by atoms with E-state index in [1.54, 1.807) is 49.1 Å². The minimum Gasteiger partial charge on any atom is -0.378 e. The van der Waals surface area contributed by atoms with E-state index < -0.39 is 9.84 Å². The molecule has 0 amide bonds. The van der Waals surface area contributed by atoms with Crippen LogP contribution in [0.15, 0.2) is 60.0 Å². The van der Waals surface area contributed by atoms with E-state index in [4.69, 9.17) is 10.5 Å². The van der Waals surface area contributed by atoms with Gasteiger partial charge in [0.05, 0.1) is 23.9 Å². The third kappa shape index (κ3) is 4.52. The van der Waals surface area contributed by atoms with Gasteiger partial charge in [0.1, 0.15) is 0 Å². The van der Waals surface area contributed by atoms with Crippen molar-refractivity contribution in [1.82, 2.24) is 15.0 Å². The molecule has 1 aliphatic heterocycles. The minimum atomic E-state index is -3.56. The molecule has 1 aliphatic rings. The summed E-state index contributed by atoms with van der Waals surface area (Å²) in [5.74, 6) is 0.0726. The van der Waals surface area contributed by atoms with Crippen molar-refractivity contribution in [2.24, 2.45) is 0 Å². The van der Waals surface area contributed by atoms with E-state index in [2.05, 4.69) is 19.9 Å². The molecule has 2 aromatic heterocycles. The molecule has 9 heteroatoms. The molecule has 3 aromatic rings. The zero-order chi connectivity index (χ0) is 20.3. The number of aromatic nitrogens is 3. The fourth-order valence-corrected chi connectivity index (χ4v) is 4.61. The van der Waals surface area contributed by atoms with E-state index in [9.17, 15) is 8.42 Å². The number of sulfone groups is 1. The highest BCUT2D eigenvalue weighted by molar-refractivity contribution is 7.90.